The van der Waals surface area contributed by atoms with Gasteiger partial charge in [-0.1, -0.05) is 18.3 Å². The van der Waals surface area contributed by atoms with Crippen molar-refractivity contribution in [1.82, 2.24) is 14.5 Å². The first kappa shape index (κ1) is 15.2. The molecule has 1 aliphatic rings. The molecule has 4 unspecified atom stereocenters. The molecular weight excluding hydrogens is 312 g/mol. The number of hydrogen-bond acceptors (Lipinski definition) is 8. The summed E-state index contributed by atoms with van der Waals surface area (Å²) in [6.07, 6.45) is -2.63. The van der Waals surface area contributed by atoms with Gasteiger partial charge in [0.15, 0.2) is 11.9 Å². The monoisotopic (exact) mass is 328 g/mol. The summed E-state index contributed by atoms with van der Waals surface area (Å²) in [7, 11) is 0. The van der Waals surface area contributed by atoms with Gasteiger partial charge < -0.3 is 20.7 Å². The van der Waals surface area contributed by atoms with Crippen molar-refractivity contribution in [3.8, 4) is 0 Å². The van der Waals surface area contributed by atoms with Gasteiger partial charge in [0.25, 0.3) is 5.56 Å². The van der Waals surface area contributed by atoms with Gasteiger partial charge in [0, 0.05) is 6.42 Å². The molecular formula is C12H16N4O5S. The lowest BCUT2D eigenvalue weighted by Gasteiger charge is -2.18. The van der Waals surface area contributed by atoms with Crippen molar-refractivity contribution >= 4 is 27.6 Å². The van der Waals surface area contributed by atoms with E-state index in [0.29, 0.717) is 17.8 Å². The largest absolute Gasteiger partial charge is 0.390 e. The number of nitrogens with zero attached hydrogens (tertiary/aromatic N) is 2. The number of nitrogens with one attached hydrogen (secondary N) is 1. The van der Waals surface area contributed by atoms with Crippen LogP contribution in [0.4, 0.5) is 5.95 Å². The second-order valence-corrected chi connectivity index (χ2v) is 6.15. The third kappa shape index (κ3) is 2.33. The highest BCUT2D eigenvalue weighted by atomic mass is 32.1. The van der Waals surface area contributed by atoms with Crippen molar-refractivity contribution in [2.45, 2.75) is 44.3 Å². The van der Waals surface area contributed by atoms with Crippen LogP contribution in [0.3, 0.4) is 0 Å². The molecule has 2 aromatic rings. The lowest BCUT2D eigenvalue weighted by Crippen LogP contribution is -2.28. The molecule has 0 saturated carbocycles. The molecule has 2 aromatic heterocycles. The van der Waals surface area contributed by atoms with Gasteiger partial charge in [-0.2, -0.15) is 4.98 Å². The quantitative estimate of drug-likeness (QED) is 0.574. The molecule has 120 valence electrons. The zero-order chi connectivity index (χ0) is 16.0. The summed E-state index contributed by atoms with van der Waals surface area (Å²) >= 11 is 0.710. The molecule has 22 heavy (non-hydrogen) atoms. The molecule has 4 atom stereocenters. The molecule has 5 N–H and O–H groups in total. The number of nitrogen functional groups attached to an aromatic ring is 1. The number of aromatic amines is 1. The maximum atomic E-state index is 12.2. The first-order chi connectivity index (χ1) is 10.4. The third-order valence-corrected chi connectivity index (χ3v) is 4.65. The van der Waals surface area contributed by atoms with Crippen molar-refractivity contribution in [3.05, 3.63) is 20.0 Å². The topological polar surface area (TPSA) is 143 Å². The van der Waals surface area contributed by atoms with E-state index >= 15 is 0 Å². The number of H-pyrrole nitrogens is 1. The van der Waals surface area contributed by atoms with Crippen molar-refractivity contribution in [2.24, 2.45) is 0 Å². The van der Waals surface area contributed by atoms with Crippen LogP contribution in [0.25, 0.3) is 10.3 Å². The van der Waals surface area contributed by atoms with Crippen molar-refractivity contribution < 1.29 is 14.9 Å². The summed E-state index contributed by atoms with van der Waals surface area (Å²) in [5.41, 5.74) is 5.08. The van der Waals surface area contributed by atoms with E-state index in [4.69, 9.17) is 10.5 Å². The Morgan fingerprint density at radius 1 is 1.59 bits per heavy atom. The lowest BCUT2D eigenvalue weighted by atomic mass is 10.1. The highest BCUT2D eigenvalue weighted by molar-refractivity contribution is 7.16. The van der Waals surface area contributed by atoms with Gasteiger partial charge in [0.05, 0.1) is 12.2 Å². The summed E-state index contributed by atoms with van der Waals surface area (Å²) in [5.74, 6) is -0.123. The van der Waals surface area contributed by atoms with E-state index in [-0.39, 0.29) is 22.7 Å². The zero-order valence-electron chi connectivity index (χ0n) is 11.7. The van der Waals surface area contributed by atoms with Gasteiger partial charge in [-0.3, -0.25) is 19.1 Å². The van der Waals surface area contributed by atoms with Crippen LogP contribution in [0.1, 0.15) is 26.0 Å². The SMILES string of the molecule is CCC(O)C1CC(O)C(n2c(=O)sc3c(=O)[nH]c(N)nc32)O1. The first-order valence-corrected chi connectivity index (χ1v) is 7.66. The highest BCUT2D eigenvalue weighted by Crippen LogP contribution is 2.32. The second kappa shape index (κ2) is 5.47. The summed E-state index contributed by atoms with van der Waals surface area (Å²) in [4.78, 5) is 29.8. The summed E-state index contributed by atoms with van der Waals surface area (Å²) in [6.45, 7) is 1.79. The van der Waals surface area contributed by atoms with Gasteiger partial charge in [0.2, 0.25) is 5.95 Å². The van der Waals surface area contributed by atoms with Crippen molar-refractivity contribution in [3.63, 3.8) is 0 Å². The minimum absolute atomic E-state index is 0.0759. The van der Waals surface area contributed by atoms with E-state index in [1.807, 2.05) is 0 Å². The molecule has 0 bridgehead atoms. The molecule has 1 fully saturated rings. The van der Waals surface area contributed by atoms with Crippen molar-refractivity contribution in [1.29, 1.82) is 0 Å². The van der Waals surface area contributed by atoms with Crippen LogP contribution in [0.2, 0.25) is 0 Å². The smallest absolute Gasteiger partial charge is 0.311 e. The normalized spacial score (nSPS) is 26.6. The Kier molecular flexibility index (Phi) is 3.77. The molecule has 0 amide bonds. The molecule has 0 radical (unpaired) electrons. The standard InChI is InChI=1S/C12H16N4O5S/c1-2-4(17)6-3-5(18)10(21-6)16-8-7(22-12(16)20)9(19)15-11(13)14-8/h4-6,10,17-18H,2-3H2,1H3,(H3,13,14,15,19). The lowest BCUT2D eigenvalue weighted by molar-refractivity contribution is -0.0752. The summed E-state index contributed by atoms with van der Waals surface area (Å²) < 4.78 is 6.86. The number of aromatic nitrogens is 3. The molecule has 1 aliphatic heterocycles. The number of aliphatic hydroxyl groups excluding tert-OH is 2. The first-order valence-electron chi connectivity index (χ1n) is 6.84. The average Bonchev–Trinajstić information content (AvgIpc) is 2.98. The fourth-order valence-corrected chi connectivity index (χ4v) is 3.44. The fraction of sp³-hybridized carbons (Fsp3) is 0.583. The Labute approximate surface area is 128 Å². The Hall–Kier alpha value is -1.75. The van der Waals surface area contributed by atoms with Crippen LogP contribution in [-0.4, -0.2) is 43.1 Å². The van der Waals surface area contributed by atoms with Gasteiger partial charge >= 0.3 is 4.87 Å². The Bertz CT molecular complexity index is 812. The average molecular weight is 328 g/mol. The van der Waals surface area contributed by atoms with Crippen LogP contribution >= 0.6 is 11.3 Å². The zero-order valence-corrected chi connectivity index (χ0v) is 12.5. The molecule has 9 nitrogen and oxygen atoms in total. The van der Waals surface area contributed by atoms with E-state index in [2.05, 4.69) is 9.97 Å². The summed E-state index contributed by atoms with van der Waals surface area (Å²) in [6, 6.07) is 0. The van der Waals surface area contributed by atoms with Crippen LogP contribution in [0.5, 0.6) is 0 Å². The number of anilines is 1. The number of thiazole rings is 1. The van der Waals surface area contributed by atoms with E-state index in [0.717, 1.165) is 4.57 Å². The van der Waals surface area contributed by atoms with E-state index < -0.39 is 35.0 Å². The maximum absolute atomic E-state index is 12.2. The molecule has 0 aliphatic carbocycles. The predicted molar refractivity (Wildman–Crippen MR) is 79.7 cm³/mol. The Balaban J connectivity index is 2.09. The molecule has 1 saturated heterocycles. The van der Waals surface area contributed by atoms with Gasteiger partial charge in [-0.25, -0.2) is 0 Å². The third-order valence-electron chi connectivity index (χ3n) is 3.71. The number of fused-ring (bicyclic) bond motifs is 1. The predicted octanol–water partition coefficient (Wildman–Crippen LogP) is -0.852. The maximum Gasteiger partial charge on any atom is 0.311 e. The van der Waals surface area contributed by atoms with Gasteiger partial charge in [-0.05, 0) is 6.42 Å². The van der Waals surface area contributed by atoms with E-state index in [1.165, 1.54) is 0 Å². The minimum Gasteiger partial charge on any atom is -0.390 e. The molecule has 0 spiro atoms. The van der Waals surface area contributed by atoms with Crippen LogP contribution < -0.4 is 16.2 Å². The summed E-state index contributed by atoms with van der Waals surface area (Å²) in [5, 5.41) is 20.0. The molecule has 0 aromatic carbocycles. The van der Waals surface area contributed by atoms with Gasteiger partial charge in [-0.15, -0.1) is 0 Å². The van der Waals surface area contributed by atoms with Gasteiger partial charge in [0.1, 0.15) is 10.8 Å². The highest BCUT2D eigenvalue weighted by Gasteiger charge is 2.40. The van der Waals surface area contributed by atoms with Crippen LogP contribution in [0.15, 0.2) is 9.59 Å². The number of aliphatic hydroxyl groups is 2. The van der Waals surface area contributed by atoms with E-state index in [9.17, 15) is 19.8 Å². The number of nitrogens with two attached hydrogens (primary N) is 1. The molecule has 10 heteroatoms. The number of rotatable bonds is 3. The number of hydrogen-bond donors (Lipinski definition) is 4. The minimum atomic E-state index is -0.999. The van der Waals surface area contributed by atoms with Crippen LogP contribution in [0, 0.1) is 0 Å². The number of ether oxygens (including phenoxy) is 1. The van der Waals surface area contributed by atoms with Crippen LogP contribution in [-0.2, 0) is 4.74 Å². The molecule has 3 rings (SSSR count). The fourth-order valence-electron chi connectivity index (χ4n) is 2.59. The second-order valence-electron chi connectivity index (χ2n) is 5.19. The van der Waals surface area contributed by atoms with Crippen molar-refractivity contribution in [2.75, 3.05) is 5.73 Å². The Morgan fingerprint density at radius 3 is 3.00 bits per heavy atom. The Morgan fingerprint density at radius 2 is 2.32 bits per heavy atom. The molecule has 3 heterocycles. The van der Waals surface area contributed by atoms with E-state index in [1.54, 1.807) is 6.92 Å².